The molecule has 350 valence electrons. The molecule has 0 aromatic carbocycles. The minimum absolute atomic E-state index is 0.0248. The van der Waals surface area contributed by atoms with Gasteiger partial charge in [0.15, 0.2) is 29.4 Å². The zero-order chi connectivity index (χ0) is 45.0. The van der Waals surface area contributed by atoms with Gasteiger partial charge in [0.1, 0.15) is 5.60 Å². The summed E-state index contributed by atoms with van der Waals surface area (Å²) in [6.07, 6.45) is 2.84. The number of aliphatic carboxylic acids is 1. The average Bonchev–Trinajstić information content (AvgIpc) is 3.67. The van der Waals surface area contributed by atoms with Crippen LogP contribution in [0.5, 0.6) is 0 Å². The predicted molar refractivity (Wildman–Crippen MR) is 224 cm³/mol. The lowest BCUT2D eigenvalue weighted by Gasteiger charge is -2.52. The van der Waals surface area contributed by atoms with E-state index in [1.165, 1.54) is 0 Å². The standard InChI is InChI=1S/C47H78O14/c1-24(40(50)25(2)18-28(5)43(51)52)17-26(3)41-32(9)34(49)21-45(59-41)22-38(56-39-16-14-35(54-12)33(10)55-39)44(11,61-45)37-15-13-29(6)47(58-37)31(8)20-36(57-47)42-27(4)19-30(7)46(53,23-48)60-42/h17,25-39,41-42,48-49,53H,13-16,18-23H2,1-12H3,(H,51,52)/b24-17+/t25-,26+,27-,28+,29-,30+,31+,32-,33-,34+,35+,36?,37?,38-,39+,41?,42?,44-,45+,46-,47?/m1/s1. The first-order valence-electron chi connectivity index (χ1n) is 23.2. The zero-order valence-electron chi connectivity index (χ0n) is 38.8. The molecule has 21 atom stereocenters. The summed E-state index contributed by atoms with van der Waals surface area (Å²) in [5.74, 6) is -6.78. The van der Waals surface area contributed by atoms with E-state index < -0.39 is 84.2 Å². The lowest BCUT2D eigenvalue weighted by Crippen LogP contribution is -2.61. The molecule has 0 radical (unpaired) electrons. The predicted octanol–water partition coefficient (Wildman–Crippen LogP) is 6.15. The van der Waals surface area contributed by atoms with E-state index in [-0.39, 0.29) is 72.4 Å². The van der Waals surface area contributed by atoms with Crippen molar-refractivity contribution in [1.29, 1.82) is 0 Å². The Morgan fingerprint density at radius 3 is 2.23 bits per heavy atom. The van der Waals surface area contributed by atoms with Gasteiger partial charge in [-0.3, -0.25) is 9.59 Å². The monoisotopic (exact) mass is 867 g/mol. The number of ether oxygens (including phenoxy) is 8. The highest BCUT2D eigenvalue weighted by Gasteiger charge is 2.66. The number of hydrogen-bond donors (Lipinski definition) is 4. The molecule has 0 aromatic rings. The maximum Gasteiger partial charge on any atom is 0.306 e. The van der Waals surface area contributed by atoms with Crippen molar-refractivity contribution in [3.8, 4) is 0 Å². The summed E-state index contributed by atoms with van der Waals surface area (Å²) >= 11 is 0. The van der Waals surface area contributed by atoms with Crippen molar-refractivity contribution in [1.82, 2.24) is 0 Å². The number of Topliss-reactive ketones (excluding diaryl/α,β-unsaturated/α-hetero) is 1. The van der Waals surface area contributed by atoms with Gasteiger partial charge in [0.2, 0.25) is 0 Å². The normalized spacial score (nSPS) is 48.6. The Balaban J connectivity index is 1.27. The van der Waals surface area contributed by atoms with E-state index in [1.807, 2.05) is 40.7 Å². The van der Waals surface area contributed by atoms with Gasteiger partial charge in [0.25, 0.3) is 0 Å². The van der Waals surface area contributed by atoms with Crippen molar-refractivity contribution in [2.75, 3.05) is 13.7 Å². The molecule has 6 fully saturated rings. The van der Waals surface area contributed by atoms with E-state index in [0.29, 0.717) is 37.7 Å². The number of methoxy groups -OCH3 is 1. The Morgan fingerprint density at radius 1 is 0.885 bits per heavy atom. The summed E-state index contributed by atoms with van der Waals surface area (Å²) in [4.78, 5) is 24.9. The van der Waals surface area contributed by atoms with E-state index in [4.69, 9.17) is 37.9 Å². The first-order valence-corrected chi connectivity index (χ1v) is 23.2. The summed E-state index contributed by atoms with van der Waals surface area (Å²) in [7, 11) is 1.69. The molecule has 61 heavy (non-hydrogen) atoms. The topological polar surface area (TPSA) is 189 Å². The van der Waals surface area contributed by atoms with Crippen LogP contribution in [0.15, 0.2) is 11.6 Å². The summed E-state index contributed by atoms with van der Waals surface area (Å²) in [6, 6.07) is 0. The van der Waals surface area contributed by atoms with Gasteiger partial charge in [-0.05, 0) is 70.8 Å². The van der Waals surface area contributed by atoms with Crippen LogP contribution in [-0.4, -0.2) is 124 Å². The molecule has 14 heteroatoms. The second-order valence-corrected chi connectivity index (χ2v) is 20.6. The van der Waals surface area contributed by atoms with Crippen LogP contribution in [0.1, 0.15) is 134 Å². The van der Waals surface area contributed by atoms with Gasteiger partial charge in [0, 0.05) is 61.9 Å². The van der Waals surface area contributed by atoms with Crippen molar-refractivity contribution in [3.63, 3.8) is 0 Å². The van der Waals surface area contributed by atoms with Crippen LogP contribution in [0.25, 0.3) is 0 Å². The number of rotatable bonds is 13. The van der Waals surface area contributed by atoms with Gasteiger partial charge in [-0.2, -0.15) is 0 Å². The summed E-state index contributed by atoms with van der Waals surface area (Å²) in [5.41, 5.74) is -0.548. The maximum atomic E-state index is 13.4. The third-order valence-electron chi connectivity index (χ3n) is 15.8. The third kappa shape index (κ3) is 9.57. The Kier molecular flexibility index (Phi) is 15.0. The van der Waals surface area contributed by atoms with E-state index in [2.05, 4.69) is 20.8 Å². The number of carbonyl (C=O) groups is 2. The first kappa shape index (κ1) is 48.9. The third-order valence-corrected chi connectivity index (χ3v) is 15.8. The molecule has 6 saturated heterocycles. The summed E-state index contributed by atoms with van der Waals surface area (Å²) in [5, 5.41) is 42.6. The number of carbonyl (C=O) groups excluding carboxylic acids is 1. The van der Waals surface area contributed by atoms with Gasteiger partial charge in [-0.15, -0.1) is 0 Å². The molecule has 14 nitrogen and oxygen atoms in total. The SMILES string of the molecule is CO[C@H]1CC[C@H](O[C@@H]2C[C@]3(C[C@H](O)[C@@H](C)C([C@@H](C)/C=C(\C)C(=O)[C@H](C)C[C@H](C)C(=O)O)O3)O[C@]2(C)C2CC[C@@H](C)C3(OC(C4O[C@](O)(CO)[C@@H](C)C[C@H]4C)C[C@@H]3C)O2)O[C@@H]1C. The van der Waals surface area contributed by atoms with Crippen LogP contribution < -0.4 is 0 Å². The van der Waals surface area contributed by atoms with Gasteiger partial charge < -0.3 is 58.3 Å². The maximum absolute atomic E-state index is 13.4. The van der Waals surface area contributed by atoms with Crippen LogP contribution in [0.4, 0.5) is 0 Å². The highest BCUT2D eigenvalue weighted by Crippen LogP contribution is 2.57. The van der Waals surface area contributed by atoms with Gasteiger partial charge >= 0.3 is 5.97 Å². The minimum atomic E-state index is -1.65. The van der Waals surface area contributed by atoms with Crippen molar-refractivity contribution < 1.29 is 67.9 Å². The Hall–Kier alpha value is -1.56. The quantitative estimate of drug-likeness (QED) is 0.154. The van der Waals surface area contributed by atoms with Gasteiger partial charge in [-0.1, -0.05) is 61.5 Å². The number of allylic oxidation sites excluding steroid dienone is 1. The first-order chi connectivity index (χ1) is 28.5. The van der Waals surface area contributed by atoms with Crippen LogP contribution in [-0.2, 0) is 47.5 Å². The van der Waals surface area contributed by atoms with Crippen LogP contribution in [0.2, 0.25) is 0 Å². The van der Waals surface area contributed by atoms with Crippen molar-refractivity contribution in [2.24, 2.45) is 47.3 Å². The second-order valence-electron chi connectivity index (χ2n) is 20.6. The Bertz CT molecular complexity index is 1570. The Labute approximate surface area is 363 Å². The number of carboxylic acid groups (broad SMARTS) is 1. The van der Waals surface area contributed by atoms with Crippen LogP contribution in [0.3, 0.4) is 0 Å². The highest BCUT2D eigenvalue weighted by atomic mass is 16.8. The number of carboxylic acids is 1. The van der Waals surface area contributed by atoms with Gasteiger partial charge in [0.05, 0.1) is 61.4 Å². The van der Waals surface area contributed by atoms with Gasteiger partial charge in [-0.25, -0.2) is 0 Å². The molecule has 6 heterocycles. The molecule has 0 amide bonds. The largest absolute Gasteiger partial charge is 0.481 e. The molecule has 2 spiro atoms. The molecule has 6 aliphatic heterocycles. The molecule has 6 rings (SSSR count). The highest BCUT2D eigenvalue weighted by molar-refractivity contribution is 5.96. The second kappa shape index (κ2) is 18.7. The lowest BCUT2D eigenvalue weighted by molar-refractivity contribution is -0.378. The molecular formula is C47H78O14. The summed E-state index contributed by atoms with van der Waals surface area (Å²) in [6.45, 7) is 20.9. The zero-order valence-corrected chi connectivity index (χ0v) is 38.8. The molecule has 6 aliphatic rings. The smallest absolute Gasteiger partial charge is 0.306 e. The minimum Gasteiger partial charge on any atom is -0.481 e. The summed E-state index contributed by atoms with van der Waals surface area (Å²) < 4.78 is 54.1. The Morgan fingerprint density at radius 2 is 1.59 bits per heavy atom. The van der Waals surface area contributed by atoms with E-state index in [0.717, 1.165) is 12.8 Å². The van der Waals surface area contributed by atoms with Crippen molar-refractivity contribution in [3.05, 3.63) is 11.6 Å². The number of hydrogen-bond acceptors (Lipinski definition) is 13. The average molecular weight is 867 g/mol. The molecule has 0 aromatic heterocycles. The van der Waals surface area contributed by atoms with Crippen molar-refractivity contribution in [2.45, 2.75) is 212 Å². The van der Waals surface area contributed by atoms with E-state index in [9.17, 15) is 30.0 Å². The molecular weight excluding hydrogens is 789 g/mol. The lowest BCUT2D eigenvalue weighted by atomic mass is 9.77. The van der Waals surface area contributed by atoms with Crippen LogP contribution >= 0.6 is 0 Å². The molecule has 5 unspecified atom stereocenters. The molecule has 0 saturated carbocycles. The molecule has 0 aliphatic carbocycles. The molecule has 0 bridgehead atoms. The number of aliphatic hydroxyl groups is 3. The fourth-order valence-corrected chi connectivity index (χ4v) is 11.8. The molecule has 4 N–H and O–H groups in total. The fraction of sp³-hybridized carbons (Fsp3) is 0.915. The van der Waals surface area contributed by atoms with E-state index >= 15 is 0 Å². The van der Waals surface area contributed by atoms with E-state index in [1.54, 1.807) is 27.9 Å². The fourth-order valence-electron chi connectivity index (χ4n) is 11.8. The van der Waals surface area contributed by atoms with Crippen LogP contribution in [0, 0.1) is 47.3 Å². The van der Waals surface area contributed by atoms with Crippen molar-refractivity contribution >= 4 is 11.8 Å². The number of ketones is 1. The number of aliphatic hydroxyl groups excluding tert-OH is 2.